The van der Waals surface area contributed by atoms with E-state index in [2.05, 4.69) is 15.4 Å². The minimum atomic E-state index is -0.787. The van der Waals surface area contributed by atoms with Gasteiger partial charge in [0.1, 0.15) is 0 Å². The summed E-state index contributed by atoms with van der Waals surface area (Å²) in [5.74, 6) is -0.787. The SMILES string of the molecule is O=C(O)CCc1cccc2n[nH][nH+]c12. The number of carboxylic acid groups (broad SMARTS) is 1. The molecule has 0 saturated heterocycles. The van der Waals surface area contributed by atoms with Crippen molar-refractivity contribution < 1.29 is 15.0 Å². The zero-order valence-electron chi connectivity index (χ0n) is 7.45. The van der Waals surface area contributed by atoms with Crippen LogP contribution in [0.3, 0.4) is 0 Å². The highest BCUT2D eigenvalue weighted by molar-refractivity contribution is 5.75. The van der Waals surface area contributed by atoms with Gasteiger partial charge in [0.05, 0.1) is 0 Å². The molecule has 0 bridgehead atoms. The number of nitrogens with zero attached hydrogens (tertiary/aromatic N) is 1. The molecule has 2 aromatic rings. The van der Waals surface area contributed by atoms with Gasteiger partial charge in [-0.2, -0.15) is 5.10 Å². The number of para-hydroxylation sites is 1. The average molecular weight is 192 g/mol. The van der Waals surface area contributed by atoms with Crippen LogP contribution in [-0.4, -0.2) is 21.4 Å². The van der Waals surface area contributed by atoms with Crippen molar-refractivity contribution in [2.24, 2.45) is 0 Å². The van der Waals surface area contributed by atoms with Gasteiger partial charge in [0, 0.05) is 17.1 Å². The van der Waals surface area contributed by atoms with Crippen LogP contribution >= 0.6 is 0 Å². The monoisotopic (exact) mass is 192 g/mol. The molecule has 14 heavy (non-hydrogen) atoms. The topological polar surface area (TPSA) is 80.1 Å². The summed E-state index contributed by atoms with van der Waals surface area (Å²) in [7, 11) is 0. The first-order chi connectivity index (χ1) is 6.77. The van der Waals surface area contributed by atoms with Gasteiger partial charge in [-0.1, -0.05) is 17.3 Å². The van der Waals surface area contributed by atoms with Gasteiger partial charge in [-0.25, -0.2) is 0 Å². The molecule has 1 heterocycles. The van der Waals surface area contributed by atoms with E-state index in [0.717, 1.165) is 16.6 Å². The third-order valence-corrected chi connectivity index (χ3v) is 2.09. The van der Waals surface area contributed by atoms with Crippen LogP contribution in [0, 0.1) is 0 Å². The lowest BCUT2D eigenvalue weighted by Gasteiger charge is -1.95. The molecule has 0 fully saturated rings. The van der Waals surface area contributed by atoms with E-state index in [-0.39, 0.29) is 6.42 Å². The lowest BCUT2D eigenvalue weighted by Crippen LogP contribution is -2.05. The van der Waals surface area contributed by atoms with Crippen LogP contribution in [0.2, 0.25) is 0 Å². The Morgan fingerprint density at radius 2 is 2.43 bits per heavy atom. The normalized spacial score (nSPS) is 10.6. The summed E-state index contributed by atoms with van der Waals surface area (Å²) in [5, 5.41) is 18.1. The molecule has 0 aliphatic carbocycles. The Bertz CT molecular complexity index is 464. The maximum Gasteiger partial charge on any atom is 0.303 e. The molecule has 0 unspecified atom stereocenters. The highest BCUT2D eigenvalue weighted by atomic mass is 16.4. The smallest absolute Gasteiger partial charge is 0.303 e. The molecule has 1 aromatic carbocycles. The Labute approximate surface area is 79.7 Å². The van der Waals surface area contributed by atoms with Crippen LogP contribution in [-0.2, 0) is 11.2 Å². The molecular formula is C9H10N3O2+. The van der Waals surface area contributed by atoms with Crippen LogP contribution < -0.4 is 5.10 Å². The van der Waals surface area contributed by atoms with Crippen molar-refractivity contribution >= 4 is 17.0 Å². The molecule has 0 saturated carbocycles. The van der Waals surface area contributed by atoms with Gasteiger partial charge in [0.25, 0.3) is 0 Å². The van der Waals surface area contributed by atoms with E-state index < -0.39 is 5.97 Å². The number of fused-ring (bicyclic) bond motifs is 1. The van der Waals surface area contributed by atoms with Crippen LogP contribution in [0.4, 0.5) is 0 Å². The van der Waals surface area contributed by atoms with Crippen LogP contribution in [0.25, 0.3) is 11.0 Å². The van der Waals surface area contributed by atoms with E-state index in [4.69, 9.17) is 5.11 Å². The number of aromatic nitrogens is 3. The minimum absolute atomic E-state index is 0.137. The van der Waals surface area contributed by atoms with Gasteiger partial charge in [-0.3, -0.25) is 4.79 Å². The molecule has 0 amide bonds. The number of aromatic amines is 2. The third-order valence-electron chi connectivity index (χ3n) is 2.09. The standard InChI is InChI=1S/C9H9N3O2/c13-8(14)5-4-6-2-1-3-7-9(6)11-12-10-7/h1-3H,4-5H2,(H,13,14)(H,10,11,12)/p+1. The zero-order chi connectivity index (χ0) is 9.97. The molecule has 0 spiro atoms. The molecular weight excluding hydrogens is 182 g/mol. The number of aryl methyl sites for hydroxylation is 1. The number of nitrogens with one attached hydrogen (secondary N) is 2. The predicted molar refractivity (Wildman–Crippen MR) is 48.6 cm³/mol. The Balaban J connectivity index is 2.32. The van der Waals surface area contributed by atoms with E-state index in [0.29, 0.717) is 6.42 Å². The summed E-state index contributed by atoms with van der Waals surface area (Å²) >= 11 is 0. The molecule has 0 radical (unpaired) electrons. The molecule has 3 N–H and O–H groups in total. The Morgan fingerprint density at radius 1 is 1.57 bits per heavy atom. The van der Waals surface area contributed by atoms with Crippen molar-refractivity contribution in [3.05, 3.63) is 23.8 Å². The summed E-state index contributed by atoms with van der Waals surface area (Å²) < 4.78 is 0. The van der Waals surface area contributed by atoms with Crippen LogP contribution in [0.1, 0.15) is 12.0 Å². The molecule has 0 aliphatic heterocycles. The Kier molecular flexibility index (Phi) is 2.14. The quantitative estimate of drug-likeness (QED) is 0.738. The highest BCUT2D eigenvalue weighted by Crippen LogP contribution is 2.12. The van der Waals surface area contributed by atoms with Crippen molar-refractivity contribution in [2.75, 3.05) is 0 Å². The lowest BCUT2D eigenvalue weighted by atomic mass is 10.1. The average Bonchev–Trinajstić information content (AvgIpc) is 2.62. The number of rotatable bonds is 3. The molecule has 72 valence electrons. The van der Waals surface area contributed by atoms with Crippen molar-refractivity contribution in [2.45, 2.75) is 12.8 Å². The number of hydrogen-bond donors (Lipinski definition) is 2. The van der Waals surface area contributed by atoms with E-state index in [1.807, 2.05) is 18.2 Å². The minimum Gasteiger partial charge on any atom is -0.481 e. The van der Waals surface area contributed by atoms with Gasteiger partial charge in [0.2, 0.25) is 11.0 Å². The van der Waals surface area contributed by atoms with E-state index in [1.165, 1.54) is 0 Å². The number of carboxylic acids is 1. The second kappa shape index (κ2) is 3.45. The predicted octanol–water partition coefficient (Wildman–Crippen LogP) is 0.394. The first-order valence-electron chi connectivity index (χ1n) is 4.33. The van der Waals surface area contributed by atoms with Gasteiger partial charge >= 0.3 is 5.97 Å². The first-order valence-corrected chi connectivity index (χ1v) is 4.33. The van der Waals surface area contributed by atoms with E-state index in [9.17, 15) is 4.79 Å². The third kappa shape index (κ3) is 1.56. The van der Waals surface area contributed by atoms with Gasteiger partial charge in [-0.05, 0) is 12.5 Å². The number of hydrogen-bond acceptors (Lipinski definition) is 2. The number of H-pyrrole nitrogens is 2. The van der Waals surface area contributed by atoms with Crippen LogP contribution in [0.5, 0.6) is 0 Å². The maximum absolute atomic E-state index is 10.4. The Morgan fingerprint density at radius 3 is 3.21 bits per heavy atom. The molecule has 2 rings (SSSR count). The van der Waals surface area contributed by atoms with Crippen molar-refractivity contribution in [1.82, 2.24) is 10.3 Å². The fourth-order valence-corrected chi connectivity index (χ4v) is 1.42. The molecule has 0 atom stereocenters. The molecule has 5 nitrogen and oxygen atoms in total. The fraction of sp³-hybridized carbons (Fsp3) is 0.222. The summed E-state index contributed by atoms with van der Waals surface area (Å²) in [6.07, 6.45) is 0.654. The summed E-state index contributed by atoms with van der Waals surface area (Å²) in [4.78, 5) is 10.4. The number of aliphatic carboxylic acids is 1. The molecule has 1 aromatic heterocycles. The molecule has 5 heteroatoms. The van der Waals surface area contributed by atoms with Crippen LogP contribution in [0.15, 0.2) is 18.2 Å². The van der Waals surface area contributed by atoms with E-state index >= 15 is 0 Å². The van der Waals surface area contributed by atoms with Gasteiger partial charge < -0.3 is 5.11 Å². The van der Waals surface area contributed by atoms with E-state index in [1.54, 1.807) is 0 Å². The maximum atomic E-state index is 10.4. The van der Waals surface area contributed by atoms with Crippen molar-refractivity contribution in [1.29, 1.82) is 0 Å². The largest absolute Gasteiger partial charge is 0.481 e. The zero-order valence-corrected chi connectivity index (χ0v) is 7.45. The van der Waals surface area contributed by atoms with Crippen molar-refractivity contribution in [3.63, 3.8) is 0 Å². The lowest BCUT2D eigenvalue weighted by molar-refractivity contribution is -0.427. The summed E-state index contributed by atoms with van der Waals surface area (Å²) in [5.41, 5.74) is 2.68. The first kappa shape index (κ1) is 8.68. The van der Waals surface area contributed by atoms with Gasteiger partial charge in [0.15, 0.2) is 0 Å². The highest BCUT2D eigenvalue weighted by Gasteiger charge is 2.10. The number of carbonyl (C=O) groups is 1. The Hall–Kier alpha value is -1.91. The van der Waals surface area contributed by atoms with Gasteiger partial charge in [-0.15, -0.1) is 0 Å². The molecule has 0 aliphatic rings. The second-order valence-corrected chi connectivity index (χ2v) is 3.05. The second-order valence-electron chi connectivity index (χ2n) is 3.05. The number of benzene rings is 1. The van der Waals surface area contributed by atoms with Crippen molar-refractivity contribution in [3.8, 4) is 0 Å². The summed E-state index contributed by atoms with van der Waals surface area (Å²) in [6.45, 7) is 0. The fourth-order valence-electron chi connectivity index (χ4n) is 1.42. The summed E-state index contributed by atoms with van der Waals surface area (Å²) in [6, 6.07) is 5.64.